The summed E-state index contributed by atoms with van der Waals surface area (Å²) >= 11 is 3.31. The fourth-order valence-corrected chi connectivity index (χ4v) is 3.22. The number of hydrogen-bond donors (Lipinski definition) is 0. The molecule has 0 aromatic heterocycles. The first kappa shape index (κ1) is 14.7. The van der Waals surface area contributed by atoms with E-state index in [4.69, 9.17) is 4.74 Å². The maximum atomic E-state index is 13.0. The summed E-state index contributed by atoms with van der Waals surface area (Å²) in [7, 11) is 0. The van der Waals surface area contributed by atoms with Gasteiger partial charge in [0, 0.05) is 17.5 Å². The van der Waals surface area contributed by atoms with Crippen LogP contribution in [0.2, 0.25) is 0 Å². The minimum absolute atomic E-state index is 0.110. The molecule has 0 saturated heterocycles. The van der Waals surface area contributed by atoms with Crippen LogP contribution in [0.4, 0.5) is 4.39 Å². The highest BCUT2D eigenvalue weighted by Gasteiger charge is 2.41. The van der Waals surface area contributed by atoms with Crippen molar-refractivity contribution in [1.82, 2.24) is 0 Å². The normalized spacial score (nSPS) is 17.6. The number of carbonyl (C=O) groups excluding carboxylic acids is 1. The average Bonchev–Trinajstić information content (AvgIpc) is 2.83. The highest BCUT2D eigenvalue weighted by Crippen LogP contribution is 2.35. The van der Waals surface area contributed by atoms with Gasteiger partial charge in [0.25, 0.3) is 0 Å². The van der Waals surface area contributed by atoms with Crippen molar-refractivity contribution in [2.24, 2.45) is 0 Å². The number of ether oxygens (including phenoxy) is 1. The number of rotatable bonds is 5. The van der Waals surface area contributed by atoms with Crippen LogP contribution in [0, 0.1) is 5.82 Å². The van der Waals surface area contributed by atoms with Gasteiger partial charge < -0.3 is 4.74 Å². The Labute approximate surface area is 121 Å². The van der Waals surface area contributed by atoms with Gasteiger partial charge in [-0.25, -0.2) is 4.39 Å². The Balaban J connectivity index is 2.15. The van der Waals surface area contributed by atoms with Crippen molar-refractivity contribution in [3.05, 3.63) is 34.1 Å². The van der Waals surface area contributed by atoms with E-state index in [0.717, 1.165) is 31.2 Å². The zero-order chi connectivity index (χ0) is 13.9. The Morgan fingerprint density at radius 3 is 2.68 bits per heavy atom. The van der Waals surface area contributed by atoms with Crippen molar-refractivity contribution in [3.8, 4) is 0 Å². The molecule has 0 radical (unpaired) electrons. The summed E-state index contributed by atoms with van der Waals surface area (Å²) in [4.78, 5) is 12.5. The Hall–Kier alpha value is -0.740. The lowest BCUT2D eigenvalue weighted by molar-refractivity contribution is -0.142. The summed E-state index contributed by atoms with van der Waals surface area (Å²) in [5.41, 5.74) is 0.208. The van der Waals surface area contributed by atoms with Crippen LogP contribution in [0.3, 0.4) is 0 Å². The summed E-state index contributed by atoms with van der Waals surface area (Å²) in [6.45, 7) is 2.47. The molecule has 1 aliphatic rings. The summed E-state index contributed by atoms with van der Waals surface area (Å²) < 4.78 is 19.4. The molecule has 104 valence electrons. The minimum Gasteiger partial charge on any atom is -0.367 e. The second kappa shape index (κ2) is 6.14. The number of halogens is 2. The zero-order valence-electron chi connectivity index (χ0n) is 11.0. The summed E-state index contributed by atoms with van der Waals surface area (Å²) in [6.07, 6.45) is 3.98. The van der Waals surface area contributed by atoms with E-state index in [-0.39, 0.29) is 11.6 Å². The van der Waals surface area contributed by atoms with E-state index in [1.807, 2.05) is 6.92 Å². The van der Waals surface area contributed by atoms with Crippen molar-refractivity contribution in [2.75, 3.05) is 6.61 Å². The smallest absolute Gasteiger partial charge is 0.169 e. The summed E-state index contributed by atoms with van der Waals surface area (Å²) in [5.74, 6) is -0.192. The molecule has 0 N–H and O–H groups in total. The van der Waals surface area contributed by atoms with Crippen LogP contribution in [0.15, 0.2) is 22.7 Å². The standard InChI is InChI=1S/C15H18BrFO2/c1-2-19-15(7-3-4-8-15)14(18)9-11-5-6-12(17)10-13(11)16/h5-6,10H,2-4,7-9H2,1H3. The van der Waals surface area contributed by atoms with Crippen molar-refractivity contribution in [3.63, 3.8) is 0 Å². The van der Waals surface area contributed by atoms with Crippen molar-refractivity contribution >= 4 is 21.7 Å². The fraction of sp³-hybridized carbons (Fsp3) is 0.533. The highest BCUT2D eigenvalue weighted by molar-refractivity contribution is 9.10. The van der Waals surface area contributed by atoms with E-state index < -0.39 is 5.60 Å². The van der Waals surface area contributed by atoms with Gasteiger partial charge in [-0.2, -0.15) is 0 Å². The molecule has 2 rings (SSSR count). The van der Waals surface area contributed by atoms with Crippen LogP contribution in [0.25, 0.3) is 0 Å². The predicted octanol–water partition coefficient (Wildman–Crippen LogP) is 4.05. The molecule has 0 spiro atoms. The van der Waals surface area contributed by atoms with Crippen LogP contribution in [0.5, 0.6) is 0 Å². The van der Waals surface area contributed by atoms with Gasteiger partial charge in [-0.15, -0.1) is 0 Å². The van der Waals surface area contributed by atoms with Gasteiger partial charge in [0.2, 0.25) is 0 Å². The second-order valence-electron chi connectivity index (χ2n) is 4.97. The first-order chi connectivity index (χ1) is 9.07. The monoisotopic (exact) mass is 328 g/mol. The van der Waals surface area contributed by atoms with Gasteiger partial charge in [0.1, 0.15) is 11.4 Å². The molecule has 2 nitrogen and oxygen atoms in total. The number of hydrogen-bond acceptors (Lipinski definition) is 2. The molecule has 0 bridgehead atoms. The fourth-order valence-electron chi connectivity index (χ4n) is 2.73. The molecule has 1 aromatic rings. The Kier molecular flexibility index (Phi) is 4.74. The van der Waals surface area contributed by atoms with E-state index >= 15 is 0 Å². The molecule has 0 heterocycles. The number of Topliss-reactive ketones (excluding diaryl/α,β-unsaturated/α-hetero) is 1. The van der Waals surface area contributed by atoms with Crippen LogP contribution in [0.1, 0.15) is 38.2 Å². The van der Waals surface area contributed by atoms with E-state index in [1.54, 1.807) is 6.07 Å². The number of benzene rings is 1. The molecule has 1 saturated carbocycles. The molecule has 1 aromatic carbocycles. The largest absolute Gasteiger partial charge is 0.367 e. The Morgan fingerprint density at radius 2 is 2.11 bits per heavy atom. The quantitative estimate of drug-likeness (QED) is 0.815. The molecule has 19 heavy (non-hydrogen) atoms. The third-order valence-corrected chi connectivity index (χ3v) is 4.44. The molecule has 0 atom stereocenters. The highest BCUT2D eigenvalue weighted by atomic mass is 79.9. The van der Waals surface area contributed by atoms with Crippen LogP contribution >= 0.6 is 15.9 Å². The topological polar surface area (TPSA) is 26.3 Å². The van der Waals surface area contributed by atoms with Gasteiger partial charge in [-0.05, 0) is 50.3 Å². The van der Waals surface area contributed by atoms with E-state index in [1.165, 1.54) is 12.1 Å². The lowest BCUT2D eigenvalue weighted by atomic mass is 9.91. The van der Waals surface area contributed by atoms with E-state index in [9.17, 15) is 9.18 Å². The van der Waals surface area contributed by atoms with Gasteiger partial charge in [0.05, 0.1) is 0 Å². The third kappa shape index (κ3) is 3.23. The Bertz CT molecular complexity index is 467. The SMILES string of the molecule is CCOC1(C(=O)Cc2ccc(F)cc2Br)CCCC1. The van der Waals surface area contributed by atoms with Gasteiger partial charge in [0.15, 0.2) is 5.78 Å². The minimum atomic E-state index is -0.609. The first-order valence-corrected chi connectivity index (χ1v) is 7.48. The average molecular weight is 329 g/mol. The first-order valence-electron chi connectivity index (χ1n) is 6.68. The van der Waals surface area contributed by atoms with Gasteiger partial charge >= 0.3 is 0 Å². The van der Waals surface area contributed by atoms with Crippen molar-refractivity contribution in [1.29, 1.82) is 0 Å². The molecule has 0 aliphatic heterocycles. The van der Waals surface area contributed by atoms with Crippen LogP contribution < -0.4 is 0 Å². The molecular formula is C15H18BrFO2. The summed E-state index contributed by atoms with van der Waals surface area (Å²) in [6, 6.07) is 4.44. The molecule has 1 fully saturated rings. The van der Waals surface area contributed by atoms with Gasteiger partial charge in [-0.1, -0.05) is 22.0 Å². The van der Waals surface area contributed by atoms with Crippen molar-refractivity contribution in [2.45, 2.75) is 44.6 Å². The van der Waals surface area contributed by atoms with Gasteiger partial charge in [-0.3, -0.25) is 4.79 Å². The van der Waals surface area contributed by atoms with Crippen molar-refractivity contribution < 1.29 is 13.9 Å². The number of carbonyl (C=O) groups is 1. The summed E-state index contributed by atoms with van der Waals surface area (Å²) in [5, 5.41) is 0. The Morgan fingerprint density at radius 1 is 1.42 bits per heavy atom. The molecule has 1 aliphatic carbocycles. The molecule has 0 unspecified atom stereocenters. The predicted molar refractivity (Wildman–Crippen MR) is 75.6 cm³/mol. The zero-order valence-corrected chi connectivity index (χ0v) is 12.6. The molecular weight excluding hydrogens is 311 g/mol. The van der Waals surface area contributed by atoms with Crippen LogP contribution in [-0.4, -0.2) is 18.0 Å². The molecule has 4 heteroatoms. The van der Waals surface area contributed by atoms with Crippen LogP contribution in [-0.2, 0) is 16.0 Å². The lowest BCUT2D eigenvalue weighted by Crippen LogP contribution is -2.40. The number of ketones is 1. The maximum absolute atomic E-state index is 13.0. The lowest BCUT2D eigenvalue weighted by Gasteiger charge is -2.27. The van der Waals surface area contributed by atoms with E-state index in [0.29, 0.717) is 17.5 Å². The maximum Gasteiger partial charge on any atom is 0.169 e. The third-order valence-electron chi connectivity index (χ3n) is 3.71. The van der Waals surface area contributed by atoms with E-state index in [2.05, 4.69) is 15.9 Å². The molecule has 0 amide bonds. The second-order valence-corrected chi connectivity index (χ2v) is 5.82.